The highest BCUT2D eigenvalue weighted by Crippen LogP contribution is 2.21. The van der Waals surface area contributed by atoms with Crippen molar-refractivity contribution in [1.82, 2.24) is 4.90 Å². The zero-order valence-electron chi connectivity index (χ0n) is 10.7. The quantitative estimate of drug-likeness (QED) is 0.822. The van der Waals surface area contributed by atoms with Crippen molar-refractivity contribution in [2.24, 2.45) is 5.73 Å². The number of hydrogen-bond donors (Lipinski definition) is 1. The number of ether oxygens (including phenoxy) is 1. The Balaban J connectivity index is 2.68. The maximum absolute atomic E-state index is 13.1. The van der Waals surface area contributed by atoms with Crippen molar-refractivity contribution in [2.45, 2.75) is 19.4 Å². The highest BCUT2D eigenvalue weighted by Gasteiger charge is 2.08. The van der Waals surface area contributed by atoms with E-state index in [1.54, 1.807) is 6.07 Å². The van der Waals surface area contributed by atoms with Crippen molar-refractivity contribution in [3.63, 3.8) is 0 Å². The number of nitrogens with two attached hydrogens (primary N) is 1. The summed E-state index contributed by atoms with van der Waals surface area (Å²) in [7, 11) is 3.97. The molecule has 0 bridgehead atoms. The molecule has 0 aliphatic rings. The normalized spacial score (nSPS) is 12.8. The van der Waals surface area contributed by atoms with Crippen LogP contribution in [0.2, 0.25) is 0 Å². The Morgan fingerprint density at radius 1 is 1.41 bits per heavy atom. The van der Waals surface area contributed by atoms with E-state index in [1.165, 1.54) is 12.1 Å². The number of hydrogen-bond acceptors (Lipinski definition) is 3. The minimum atomic E-state index is -0.249. The van der Waals surface area contributed by atoms with Gasteiger partial charge in [-0.1, -0.05) is 0 Å². The second-order valence-electron chi connectivity index (χ2n) is 4.59. The fourth-order valence-electron chi connectivity index (χ4n) is 1.53. The van der Waals surface area contributed by atoms with Crippen molar-refractivity contribution in [2.75, 3.05) is 27.2 Å². The lowest BCUT2D eigenvalue weighted by Gasteiger charge is -2.15. The van der Waals surface area contributed by atoms with Gasteiger partial charge in [-0.3, -0.25) is 0 Å². The van der Waals surface area contributed by atoms with E-state index in [0.29, 0.717) is 13.0 Å². The fourth-order valence-corrected chi connectivity index (χ4v) is 1.53. The fraction of sp³-hybridized carbons (Fsp3) is 0.538. The molecule has 1 aromatic carbocycles. The van der Waals surface area contributed by atoms with Crippen molar-refractivity contribution in [3.05, 3.63) is 29.6 Å². The molecule has 1 aromatic rings. The summed E-state index contributed by atoms with van der Waals surface area (Å²) in [6, 6.07) is 4.57. The molecular formula is C13H21FN2O. The Hall–Kier alpha value is -1.13. The first-order valence-corrected chi connectivity index (χ1v) is 5.80. The molecule has 3 nitrogen and oxygen atoms in total. The number of likely N-dealkylation sites (N-methyl/N-ethyl adjacent to an activating group) is 1. The van der Waals surface area contributed by atoms with E-state index in [-0.39, 0.29) is 11.9 Å². The Kier molecular flexibility index (Phi) is 5.38. The molecule has 0 radical (unpaired) electrons. The molecule has 2 N–H and O–H groups in total. The largest absolute Gasteiger partial charge is 0.492 e. The second kappa shape index (κ2) is 6.57. The summed E-state index contributed by atoms with van der Waals surface area (Å²) >= 11 is 0. The van der Waals surface area contributed by atoms with Gasteiger partial charge in [0, 0.05) is 12.6 Å². The molecule has 4 heteroatoms. The van der Waals surface area contributed by atoms with Gasteiger partial charge in [0.25, 0.3) is 0 Å². The number of benzene rings is 1. The third kappa shape index (κ3) is 5.15. The summed E-state index contributed by atoms with van der Waals surface area (Å²) in [5, 5.41) is 0. The summed E-state index contributed by atoms with van der Waals surface area (Å²) < 4.78 is 18.8. The smallest absolute Gasteiger partial charge is 0.123 e. The number of rotatable bonds is 6. The van der Waals surface area contributed by atoms with Gasteiger partial charge in [-0.15, -0.1) is 0 Å². The summed E-state index contributed by atoms with van der Waals surface area (Å²) in [6.45, 7) is 3.31. The van der Waals surface area contributed by atoms with E-state index in [4.69, 9.17) is 10.5 Å². The monoisotopic (exact) mass is 240 g/mol. The molecule has 0 aliphatic carbocycles. The van der Waals surface area contributed by atoms with Crippen LogP contribution in [0.5, 0.6) is 5.75 Å². The lowest BCUT2D eigenvalue weighted by atomic mass is 10.1. The van der Waals surface area contributed by atoms with Crippen molar-refractivity contribution in [1.29, 1.82) is 0 Å². The van der Waals surface area contributed by atoms with Crippen LogP contribution >= 0.6 is 0 Å². The van der Waals surface area contributed by atoms with Gasteiger partial charge >= 0.3 is 0 Å². The van der Waals surface area contributed by atoms with Gasteiger partial charge in [0.05, 0.1) is 0 Å². The third-order valence-corrected chi connectivity index (χ3v) is 2.36. The van der Waals surface area contributed by atoms with Crippen LogP contribution in [0.25, 0.3) is 0 Å². The molecule has 0 saturated heterocycles. The van der Waals surface area contributed by atoms with Crippen LogP contribution in [-0.4, -0.2) is 38.2 Å². The molecule has 0 saturated carbocycles. The summed E-state index contributed by atoms with van der Waals surface area (Å²) in [5.41, 5.74) is 6.57. The number of halogens is 1. The van der Waals surface area contributed by atoms with E-state index in [1.807, 2.05) is 25.9 Å². The van der Waals surface area contributed by atoms with Crippen LogP contribution in [0.4, 0.5) is 4.39 Å². The molecule has 0 spiro atoms. The summed E-state index contributed by atoms with van der Waals surface area (Å²) in [4.78, 5) is 2.04. The molecule has 1 atom stereocenters. The topological polar surface area (TPSA) is 38.5 Å². The van der Waals surface area contributed by atoms with Crippen LogP contribution in [0.15, 0.2) is 18.2 Å². The SMILES string of the molecule is CC(N)Cc1cc(F)ccc1OCCN(C)C. The predicted octanol–water partition coefficient (Wildman–Crippen LogP) is 1.66. The molecule has 0 aliphatic heterocycles. The highest BCUT2D eigenvalue weighted by atomic mass is 19.1. The Morgan fingerprint density at radius 3 is 2.71 bits per heavy atom. The lowest BCUT2D eigenvalue weighted by molar-refractivity contribution is 0.259. The standard InChI is InChI=1S/C13H21FN2O/c1-10(15)8-11-9-12(14)4-5-13(11)17-7-6-16(2)3/h4-5,9-10H,6-8,15H2,1-3H3. The van der Waals surface area contributed by atoms with Gasteiger partial charge in [0.1, 0.15) is 18.2 Å². The minimum absolute atomic E-state index is 0.00648. The van der Waals surface area contributed by atoms with Crippen LogP contribution in [-0.2, 0) is 6.42 Å². The molecule has 0 amide bonds. The van der Waals surface area contributed by atoms with Crippen LogP contribution < -0.4 is 10.5 Å². The molecule has 17 heavy (non-hydrogen) atoms. The second-order valence-corrected chi connectivity index (χ2v) is 4.59. The van der Waals surface area contributed by atoms with Crippen molar-refractivity contribution in [3.8, 4) is 5.75 Å². The summed E-state index contributed by atoms with van der Waals surface area (Å²) in [6.07, 6.45) is 0.620. The van der Waals surface area contributed by atoms with Crippen LogP contribution in [0.1, 0.15) is 12.5 Å². The molecule has 1 unspecified atom stereocenters. The third-order valence-electron chi connectivity index (χ3n) is 2.36. The maximum Gasteiger partial charge on any atom is 0.123 e. The van der Waals surface area contributed by atoms with E-state index >= 15 is 0 Å². The van der Waals surface area contributed by atoms with E-state index in [9.17, 15) is 4.39 Å². The minimum Gasteiger partial charge on any atom is -0.492 e. The van der Waals surface area contributed by atoms with Crippen molar-refractivity contribution >= 4 is 0 Å². The number of nitrogens with zero attached hydrogens (tertiary/aromatic N) is 1. The average Bonchev–Trinajstić information content (AvgIpc) is 2.20. The molecular weight excluding hydrogens is 219 g/mol. The van der Waals surface area contributed by atoms with Crippen LogP contribution in [0.3, 0.4) is 0 Å². The molecule has 1 rings (SSSR count). The van der Waals surface area contributed by atoms with Crippen LogP contribution in [0, 0.1) is 5.82 Å². The first-order valence-electron chi connectivity index (χ1n) is 5.80. The maximum atomic E-state index is 13.1. The van der Waals surface area contributed by atoms with Gasteiger partial charge in [-0.2, -0.15) is 0 Å². The first-order chi connectivity index (χ1) is 7.99. The Morgan fingerprint density at radius 2 is 2.12 bits per heavy atom. The van der Waals surface area contributed by atoms with Gasteiger partial charge < -0.3 is 15.4 Å². The zero-order valence-corrected chi connectivity index (χ0v) is 10.7. The lowest BCUT2D eigenvalue weighted by Crippen LogP contribution is -2.21. The average molecular weight is 240 g/mol. The highest BCUT2D eigenvalue weighted by molar-refractivity contribution is 5.34. The van der Waals surface area contributed by atoms with Gasteiger partial charge in [0.15, 0.2) is 0 Å². The molecule has 96 valence electrons. The van der Waals surface area contributed by atoms with Gasteiger partial charge in [0.2, 0.25) is 0 Å². The zero-order chi connectivity index (χ0) is 12.8. The van der Waals surface area contributed by atoms with E-state index in [0.717, 1.165) is 17.9 Å². The first kappa shape index (κ1) is 13.9. The summed E-state index contributed by atoms with van der Waals surface area (Å²) in [5.74, 6) is 0.478. The predicted molar refractivity (Wildman–Crippen MR) is 67.8 cm³/mol. The molecule has 0 fully saturated rings. The molecule has 0 aromatic heterocycles. The van der Waals surface area contributed by atoms with Gasteiger partial charge in [-0.25, -0.2) is 4.39 Å². The van der Waals surface area contributed by atoms with E-state index in [2.05, 4.69) is 0 Å². The Labute approximate surface area is 102 Å². The Bertz CT molecular complexity index is 353. The van der Waals surface area contributed by atoms with Crippen molar-refractivity contribution < 1.29 is 9.13 Å². The molecule has 0 heterocycles. The van der Waals surface area contributed by atoms with Gasteiger partial charge in [-0.05, 0) is 51.2 Å². The van der Waals surface area contributed by atoms with E-state index < -0.39 is 0 Å².